The van der Waals surface area contributed by atoms with E-state index in [1.54, 1.807) is 0 Å². The van der Waals surface area contributed by atoms with Crippen LogP contribution in [0.15, 0.2) is 0 Å². The van der Waals surface area contributed by atoms with Crippen LogP contribution in [0, 0.1) is 0 Å². The molecular formula is C24H50N2O. The van der Waals surface area contributed by atoms with E-state index in [2.05, 4.69) is 25.7 Å². The fraction of sp³-hybridized carbons (Fsp3) is 0.958. The van der Waals surface area contributed by atoms with Gasteiger partial charge in [0.25, 0.3) is 0 Å². The summed E-state index contributed by atoms with van der Waals surface area (Å²) in [6.45, 7) is 9.93. The predicted molar refractivity (Wildman–Crippen MR) is 120 cm³/mol. The maximum absolute atomic E-state index is 12.4. The molecule has 0 aliphatic heterocycles. The molecule has 0 heterocycles. The standard InChI is InChI=1S/C24H50N2O/c1-5-8-9-10-11-12-13-14-15-16-17-18-19-20-21-22-23(27)24(4,25)26(6-2)7-3/h5-22,25H2,1-4H3. The highest BCUT2D eigenvalue weighted by atomic mass is 16.1. The van der Waals surface area contributed by atoms with E-state index in [-0.39, 0.29) is 5.78 Å². The minimum absolute atomic E-state index is 0.195. The number of carbonyl (C=O) groups excluding carboxylic acids is 1. The van der Waals surface area contributed by atoms with Crippen LogP contribution in [-0.4, -0.2) is 29.4 Å². The first kappa shape index (κ1) is 26.6. The van der Waals surface area contributed by atoms with Gasteiger partial charge >= 0.3 is 0 Å². The largest absolute Gasteiger partial charge is 0.307 e. The van der Waals surface area contributed by atoms with Gasteiger partial charge in [-0.2, -0.15) is 0 Å². The minimum atomic E-state index is -0.792. The molecule has 1 unspecified atom stereocenters. The van der Waals surface area contributed by atoms with E-state index in [0.29, 0.717) is 6.42 Å². The zero-order valence-electron chi connectivity index (χ0n) is 19.2. The molecule has 3 heteroatoms. The van der Waals surface area contributed by atoms with Crippen LogP contribution in [0.25, 0.3) is 0 Å². The Hall–Kier alpha value is -0.410. The molecule has 3 nitrogen and oxygen atoms in total. The molecule has 1 atom stereocenters. The lowest BCUT2D eigenvalue weighted by atomic mass is 9.99. The Morgan fingerprint density at radius 3 is 1.33 bits per heavy atom. The minimum Gasteiger partial charge on any atom is -0.307 e. The van der Waals surface area contributed by atoms with Crippen LogP contribution in [0.5, 0.6) is 0 Å². The van der Waals surface area contributed by atoms with Crippen molar-refractivity contribution in [3.05, 3.63) is 0 Å². The number of likely N-dealkylation sites (N-methyl/N-ethyl adjacent to an activating group) is 1. The van der Waals surface area contributed by atoms with Crippen molar-refractivity contribution in [1.82, 2.24) is 4.90 Å². The van der Waals surface area contributed by atoms with Gasteiger partial charge in [0.15, 0.2) is 5.78 Å². The van der Waals surface area contributed by atoms with Gasteiger partial charge in [0, 0.05) is 6.42 Å². The first-order valence-corrected chi connectivity index (χ1v) is 12.1. The molecule has 0 rings (SSSR count). The van der Waals surface area contributed by atoms with E-state index in [0.717, 1.165) is 25.9 Å². The van der Waals surface area contributed by atoms with Gasteiger partial charge < -0.3 is 5.73 Å². The highest BCUT2D eigenvalue weighted by Gasteiger charge is 2.32. The van der Waals surface area contributed by atoms with Gasteiger partial charge in [-0.15, -0.1) is 0 Å². The molecule has 27 heavy (non-hydrogen) atoms. The Kier molecular flexibility index (Phi) is 17.4. The Labute approximate surface area is 170 Å². The van der Waals surface area contributed by atoms with Gasteiger partial charge in [-0.25, -0.2) is 0 Å². The summed E-state index contributed by atoms with van der Waals surface area (Å²) < 4.78 is 0. The number of hydrogen-bond acceptors (Lipinski definition) is 3. The summed E-state index contributed by atoms with van der Waals surface area (Å²) in [7, 11) is 0. The van der Waals surface area contributed by atoms with Crippen molar-refractivity contribution in [3.63, 3.8) is 0 Å². The zero-order chi connectivity index (χ0) is 20.4. The predicted octanol–water partition coefficient (Wildman–Crippen LogP) is 6.83. The van der Waals surface area contributed by atoms with E-state index in [1.807, 2.05) is 6.92 Å². The molecule has 2 N–H and O–H groups in total. The second kappa shape index (κ2) is 17.7. The Bertz CT molecular complexity index is 337. The zero-order valence-corrected chi connectivity index (χ0v) is 19.2. The molecular weight excluding hydrogens is 332 g/mol. The highest BCUT2D eigenvalue weighted by molar-refractivity contribution is 5.87. The highest BCUT2D eigenvalue weighted by Crippen LogP contribution is 2.16. The maximum Gasteiger partial charge on any atom is 0.167 e. The first-order valence-electron chi connectivity index (χ1n) is 12.1. The van der Waals surface area contributed by atoms with Gasteiger partial charge in [0.1, 0.15) is 5.66 Å². The number of nitrogens with zero attached hydrogens (tertiary/aromatic N) is 1. The summed E-state index contributed by atoms with van der Waals surface area (Å²) in [6.07, 6.45) is 20.9. The normalized spacial score (nSPS) is 13.9. The summed E-state index contributed by atoms with van der Waals surface area (Å²) in [4.78, 5) is 14.4. The molecule has 0 bridgehead atoms. The molecule has 0 aliphatic rings. The number of hydrogen-bond donors (Lipinski definition) is 1. The number of rotatable bonds is 20. The summed E-state index contributed by atoms with van der Waals surface area (Å²) >= 11 is 0. The Morgan fingerprint density at radius 2 is 1.00 bits per heavy atom. The fourth-order valence-corrected chi connectivity index (χ4v) is 3.97. The van der Waals surface area contributed by atoms with Gasteiger partial charge in [-0.3, -0.25) is 9.69 Å². The molecule has 0 saturated carbocycles. The summed E-state index contributed by atoms with van der Waals surface area (Å²) in [6, 6.07) is 0. The van der Waals surface area contributed by atoms with Crippen molar-refractivity contribution < 1.29 is 4.79 Å². The first-order chi connectivity index (χ1) is 13.0. The van der Waals surface area contributed by atoms with E-state index in [4.69, 9.17) is 5.73 Å². The van der Waals surface area contributed by atoms with Gasteiger partial charge in [0.2, 0.25) is 0 Å². The fourth-order valence-electron chi connectivity index (χ4n) is 3.97. The van der Waals surface area contributed by atoms with Gasteiger partial charge in [-0.1, -0.05) is 111 Å². The lowest BCUT2D eigenvalue weighted by molar-refractivity contribution is -0.130. The number of unbranched alkanes of at least 4 members (excludes halogenated alkanes) is 14. The Morgan fingerprint density at radius 1 is 0.667 bits per heavy atom. The van der Waals surface area contributed by atoms with Crippen LogP contribution in [0.2, 0.25) is 0 Å². The summed E-state index contributed by atoms with van der Waals surface area (Å²) in [5.74, 6) is 0.195. The van der Waals surface area contributed by atoms with Crippen molar-refractivity contribution in [1.29, 1.82) is 0 Å². The van der Waals surface area contributed by atoms with Crippen molar-refractivity contribution in [3.8, 4) is 0 Å². The Balaban J connectivity index is 3.44. The quantitative estimate of drug-likeness (QED) is 0.185. The molecule has 0 aliphatic carbocycles. The molecule has 0 aromatic carbocycles. The second-order valence-corrected chi connectivity index (χ2v) is 8.44. The molecule has 0 fully saturated rings. The third-order valence-corrected chi connectivity index (χ3v) is 5.99. The smallest absolute Gasteiger partial charge is 0.167 e. The molecule has 162 valence electrons. The van der Waals surface area contributed by atoms with Crippen LogP contribution in [-0.2, 0) is 4.79 Å². The van der Waals surface area contributed by atoms with Crippen molar-refractivity contribution in [2.75, 3.05) is 13.1 Å². The topological polar surface area (TPSA) is 46.3 Å². The second-order valence-electron chi connectivity index (χ2n) is 8.44. The van der Waals surface area contributed by atoms with E-state index >= 15 is 0 Å². The lowest BCUT2D eigenvalue weighted by Gasteiger charge is -2.35. The molecule has 0 radical (unpaired) electrons. The molecule has 0 spiro atoms. The van der Waals surface area contributed by atoms with Crippen molar-refractivity contribution in [2.24, 2.45) is 5.73 Å². The van der Waals surface area contributed by atoms with Crippen LogP contribution in [0.1, 0.15) is 130 Å². The number of carbonyl (C=O) groups is 1. The van der Waals surface area contributed by atoms with E-state index in [1.165, 1.54) is 83.5 Å². The average Bonchev–Trinajstić information content (AvgIpc) is 2.65. The van der Waals surface area contributed by atoms with Crippen LogP contribution in [0.4, 0.5) is 0 Å². The molecule has 0 amide bonds. The average molecular weight is 383 g/mol. The maximum atomic E-state index is 12.4. The third kappa shape index (κ3) is 13.4. The number of ketones is 1. The van der Waals surface area contributed by atoms with Crippen molar-refractivity contribution in [2.45, 2.75) is 136 Å². The molecule has 0 aromatic rings. The van der Waals surface area contributed by atoms with E-state index < -0.39 is 5.66 Å². The van der Waals surface area contributed by atoms with Crippen molar-refractivity contribution >= 4 is 5.78 Å². The van der Waals surface area contributed by atoms with Crippen LogP contribution < -0.4 is 5.73 Å². The third-order valence-electron chi connectivity index (χ3n) is 5.99. The van der Waals surface area contributed by atoms with E-state index in [9.17, 15) is 4.79 Å². The number of nitrogens with two attached hydrogens (primary N) is 1. The monoisotopic (exact) mass is 382 g/mol. The lowest BCUT2D eigenvalue weighted by Crippen LogP contribution is -2.59. The summed E-state index contributed by atoms with van der Waals surface area (Å²) in [5.41, 5.74) is 5.47. The van der Waals surface area contributed by atoms with Gasteiger partial charge in [-0.05, 0) is 26.4 Å². The molecule has 0 saturated heterocycles. The van der Waals surface area contributed by atoms with Crippen LogP contribution in [0.3, 0.4) is 0 Å². The van der Waals surface area contributed by atoms with Gasteiger partial charge in [0.05, 0.1) is 0 Å². The van der Waals surface area contributed by atoms with Crippen LogP contribution >= 0.6 is 0 Å². The number of Topliss-reactive ketones (excluding diaryl/α,β-unsaturated/α-hetero) is 1. The molecule has 0 aromatic heterocycles. The summed E-state index contributed by atoms with van der Waals surface area (Å²) in [5, 5.41) is 0. The SMILES string of the molecule is CCCCCCCCCCCCCCCCCC(=O)C(C)(N)N(CC)CC.